The minimum absolute atomic E-state index is 0.241. The summed E-state index contributed by atoms with van der Waals surface area (Å²) in [7, 11) is 1.43. The number of rotatable bonds is 4. The third-order valence-corrected chi connectivity index (χ3v) is 4.01. The maximum Gasteiger partial charge on any atom is 0.184 e. The first-order valence-electron chi connectivity index (χ1n) is 7.37. The van der Waals surface area contributed by atoms with Gasteiger partial charge in [-0.3, -0.25) is 0 Å². The summed E-state index contributed by atoms with van der Waals surface area (Å²) < 4.78 is 22.6. The van der Waals surface area contributed by atoms with Gasteiger partial charge in [-0.25, -0.2) is 0 Å². The summed E-state index contributed by atoms with van der Waals surface area (Å²) in [6.45, 7) is 0.241. The van der Waals surface area contributed by atoms with Crippen LogP contribution in [-0.2, 0) is 18.9 Å². The van der Waals surface area contributed by atoms with Gasteiger partial charge in [0.1, 0.15) is 6.10 Å². The van der Waals surface area contributed by atoms with Crippen LogP contribution in [-0.4, -0.2) is 44.3 Å². The predicted molar refractivity (Wildman–Crippen MR) is 81.5 cm³/mol. The van der Waals surface area contributed by atoms with Gasteiger partial charge in [-0.15, -0.1) is 0 Å². The van der Waals surface area contributed by atoms with Crippen LogP contribution in [0.4, 0.5) is 0 Å². The third kappa shape index (κ3) is 3.15. The zero-order valence-corrected chi connectivity index (χ0v) is 12.9. The van der Waals surface area contributed by atoms with Crippen LogP contribution in [0.15, 0.2) is 40.6 Å². The van der Waals surface area contributed by atoms with Crippen LogP contribution < -0.4 is 0 Å². The van der Waals surface area contributed by atoms with Gasteiger partial charge in [0.05, 0.1) is 24.8 Å². The van der Waals surface area contributed by atoms with Gasteiger partial charge < -0.3 is 18.9 Å². The van der Waals surface area contributed by atoms with Crippen LogP contribution in [0.3, 0.4) is 0 Å². The van der Waals surface area contributed by atoms with Gasteiger partial charge in [-0.05, 0) is 11.1 Å². The number of azide groups is 2. The fourth-order valence-electron chi connectivity index (χ4n) is 2.93. The van der Waals surface area contributed by atoms with E-state index in [1.165, 1.54) is 7.11 Å². The number of nitrogens with zero attached hydrogens (tertiary/aromatic N) is 6. The van der Waals surface area contributed by atoms with Gasteiger partial charge in [0.2, 0.25) is 0 Å². The molecule has 2 saturated heterocycles. The largest absolute Gasteiger partial charge is 0.355 e. The topological polar surface area (TPSA) is 134 Å². The predicted octanol–water partition coefficient (Wildman–Crippen LogP) is 2.83. The number of hydrogen-bond acceptors (Lipinski definition) is 6. The minimum Gasteiger partial charge on any atom is -0.355 e. The number of hydrogen-bond donors (Lipinski definition) is 0. The van der Waals surface area contributed by atoms with Crippen molar-refractivity contribution in [2.75, 3.05) is 13.7 Å². The van der Waals surface area contributed by atoms with E-state index in [1.54, 1.807) is 0 Å². The summed E-state index contributed by atoms with van der Waals surface area (Å²) in [5.41, 5.74) is 18.5. The normalized spacial score (nSPS) is 35.2. The van der Waals surface area contributed by atoms with E-state index in [-0.39, 0.29) is 6.61 Å². The third-order valence-electron chi connectivity index (χ3n) is 4.01. The summed E-state index contributed by atoms with van der Waals surface area (Å²) in [4.78, 5) is 5.66. The van der Waals surface area contributed by atoms with E-state index >= 15 is 0 Å². The lowest BCUT2D eigenvalue weighted by atomic mass is 9.94. The van der Waals surface area contributed by atoms with Crippen LogP contribution in [0.1, 0.15) is 11.9 Å². The van der Waals surface area contributed by atoms with E-state index in [1.807, 2.05) is 30.3 Å². The standard InChI is InChI=1S/C14H16N6O4/c1-21-14-11(18-20-16)10(17-19-15)12-9(23-14)7-22-13(24-12)8-5-3-2-4-6-8/h2-6,9-14H,7H2,1H3/t9-,10-,11+,12-,13?,14?/m1/s1. The molecule has 10 nitrogen and oxygen atoms in total. The van der Waals surface area contributed by atoms with Gasteiger partial charge in [0.25, 0.3) is 0 Å². The molecule has 1 aromatic rings. The minimum atomic E-state index is -0.835. The van der Waals surface area contributed by atoms with Gasteiger partial charge in [-0.2, -0.15) is 0 Å². The molecule has 2 unspecified atom stereocenters. The van der Waals surface area contributed by atoms with Crippen LogP contribution in [0.2, 0.25) is 0 Å². The molecular weight excluding hydrogens is 316 g/mol. The van der Waals surface area contributed by atoms with Crippen LogP contribution in [0, 0.1) is 0 Å². The average molecular weight is 332 g/mol. The molecule has 2 aliphatic rings. The first kappa shape index (κ1) is 16.5. The molecule has 0 saturated carbocycles. The van der Waals surface area contributed by atoms with E-state index in [0.29, 0.717) is 0 Å². The van der Waals surface area contributed by atoms with Crippen LogP contribution >= 0.6 is 0 Å². The van der Waals surface area contributed by atoms with Crippen molar-refractivity contribution in [2.45, 2.75) is 36.9 Å². The Morgan fingerprint density at radius 2 is 1.79 bits per heavy atom. The average Bonchev–Trinajstić information content (AvgIpc) is 2.64. The molecule has 126 valence electrons. The molecule has 1 aromatic carbocycles. The lowest BCUT2D eigenvalue weighted by Gasteiger charge is -2.46. The molecule has 3 rings (SSSR count). The molecule has 10 heteroatoms. The van der Waals surface area contributed by atoms with Crippen LogP contribution in [0.25, 0.3) is 20.9 Å². The second-order valence-electron chi connectivity index (χ2n) is 5.35. The Labute approximate surface area is 137 Å². The molecule has 24 heavy (non-hydrogen) atoms. The molecule has 6 atom stereocenters. The number of fused-ring (bicyclic) bond motifs is 1. The monoisotopic (exact) mass is 332 g/mol. The van der Waals surface area contributed by atoms with Crippen molar-refractivity contribution in [1.29, 1.82) is 0 Å². The second-order valence-corrected chi connectivity index (χ2v) is 5.35. The molecule has 0 amide bonds. The lowest BCUT2D eigenvalue weighted by molar-refractivity contribution is -0.321. The molecule has 0 N–H and O–H groups in total. The Hall–Kier alpha value is -2.32. The molecule has 0 aliphatic carbocycles. The first-order valence-corrected chi connectivity index (χ1v) is 7.37. The van der Waals surface area contributed by atoms with Gasteiger partial charge >= 0.3 is 0 Å². The number of ether oxygens (including phenoxy) is 4. The summed E-state index contributed by atoms with van der Waals surface area (Å²) >= 11 is 0. The van der Waals surface area contributed by atoms with E-state index in [2.05, 4.69) is 20.1 Å². The second kappa shape index (κ2) is 7.50. The maximum atomic E-state index is 8.89. The van der Waals surface area contributed by atoms with E-state index in [9.17, 15) is 0 Å². The zero-order chi connectivity index (χ0) is 16.9. The maximum absolute atomic E-state index is 8.89. The van der Waals surface area contributed by atoms with Crippen molar-refractivity contribution in [3.05, 3.63) is 56.8 Å². The molecular formula is C14H16N6O4. The quantitative estimate of drug-likeness (QED) is 0.476. The summed E-state index contributed by atoms with van der Waals surface area (Å²) in [6, 6.07) is 7.81. The Bertz CT molecular complexity index is 660. The highest BCUT2D eigenvalue weighted by molar-refractivity contribution is 5.17. The van der Waals surface area contributed by atoms with Crippen molar-refractivity contribution in [3.8, 4) is 0 Å². The lowest BCUT2D eigenvalue weighted by Crippen LogP contribution is -2.60. The highest BCUT2D eigenvalue weighted by atomic mass is 16.7. The molecule has 2 fully saturated rings. The molecule has 0 aromatic heterocycles. The zero-order valence-electron chi connectivity index (χ0n) is 12.9. The van der Waals surface area contributed by atoms with E-state index in [4.69, 9.17) is 30.0 Å². The molecule has 0 radical (unpaired) electrons. The van der Waals surface area contributed by atoms with Gasteiger partial charge in [-0.1, -0.05) is 40.6 Å². The van der Waals surface area contributed by atoms with Crippen molar-refractivity contribution >= 4 is 0 Å². The summed E-state index contributed by atoms with van der Waals surface area (Å²) in [5.74, 6) is 0. The van der Waals surface area contributed by atoms with Crippen molar-refractivity contribution < 1.29 is 18.9 Å². The Morgan fingerprint density at radius 3 is 2.46 bits per heavy atom. The SMILES string of the molecule is COC1O[C@@H]2COC(c3ccccc3)O[C@H]2[C@H](N=[N+]=[N-])[C@@H]1N=[N+]=[N-]. The molecule has 0 bridgehead atoms. The molecule has 2 heterocycles. The number of benzene rings is 1. The van der Waals surface area contributed by atoms with E-state index < -0.39 is 36.9 Å². The Balaban J connectivity index is 1.88. The molecule has 2 aliphatic heterocycles. The van der Waals surface area contributed by atoms with E-state index in [0.717, 1.165) is 5.56 Å². The Kier molecular flexibility index (Phi) is 5.17. The highest BCUT2D eigenvalue weighted by Gasteiger charge is 2.49. The number of methoxy groups -OCH3 is 1. The van der Waals surface area contributed by atoms with Crippen molar-refractivity contribution in [1.82, 2.24) is 0 Å². The van der Waals surface area contributed by atoms with Crippen molar-refractivity contribution in [3.63, 3.8) is 0 Å². The first-order chi connectivity index (χ1) is 11.8. The fourth-order valence-corrected chi connectivity index (χ4v) is 2.93. The summed E-state index contributed by atoms with van der Waals surface area (Å²) in [5, 5.41) is 7.44. The van der Waals surface area contributed by atoms with Crippen molar-refractivity contribution in [2.24, 2.45) is 10.2 Å². The fraction of sp³-hybridized carbons (Fsp3) is 0.571. The van der Waals surface area contributed by atoms with Gasteiger partial charge in [0.15, 0.2) is 12.6 Å². The smallest absolute Gasteiger partial charge is 0.184 e. The summed E-state index contributed by atoms with van der Waals surface area (Å²) in [6.07, 6.45) is -2.55. The van der Waals surface area contributed by atoms with Gasteiger partial charge in [0, 0.05) is 22.5 Å². The van der Waals surface area contributed by atoms with Crippen LogP contribution in [0.5, 0.6) is 0 Å². The Morgan fingerprint density at radius 1 is 1.08 bits per heavy atom. The molecule has 0 spiro atoms. The highest BCUT2D eigenvalue weighted by Crippen LogP contribution is 2.36.